The van der Waals surface area contributed by atoms with Gasteiger partial charge in [-0.1, -0.05) is 0 Å². The molecule has 4 heterocycles. The zero-order valence-corrected chi connectivity index (χ0v) is 17.7. The Kier molecular flexibility index (Phi) is 6.03. The van der Waals surface area contributed by atoms with Crippen molar-refractivity contribution in [1.29, 1.82) is 5.26 Å². The third kappa shape index (κ3) is 4.54. The van der Waals surface area contributed by atoms with Crippen LogP contribution in [-0.4, -0.2) is 53.4 Å². The number of nitrogens with zero attached hydrogens (tertiary/aromatic N) is 7. The summed E-state index contributed by atoms with van der Waals surface area (Å²) in [4.78, 5) is 25.6. The number of aryl methyl sites for hydroxylation is 1. The van der Waals surface area contributed by atoms with E-state index in [4.69, 9.17) is 5.26 Å². The van der Waals surface area contributed by atoms with Gasteiger partial charge < -0.3 is 10.6 Å². The number of nitriles is 1. The maximum Gasteiger partial charge on any atom is 0.254 e. The van der Waals surface area contributed by atoms with Gasteiger partial charge in [0.1, 0.15) is 18.2 Å². The minimum atomic E-state index is -0.216. The summed E-state index contributed by atoms with van der Waals surface area (Å²) in [6.07, 6.45) is 7.55. The molecule has 11 heteroatoms. The molecular weight excluding hydrogens is 408 g/mol. The zero-order valence-electron chi connectivity index (χ0n) is 17.7. The van der Waals surface area contributed by atoms with E-state index >= 15 is 0 Å². The predicted molar refractivity (Wildman–Crippen MR) is 117 cm³/mol. The van der Waals surface area contributed by atoms with E-state index in [-0.39, 0.29) is 11.9 Å². The van der Waals surface area contributed by atoms with Gasteiger partial charge >= 0.3 is 0 Å². The number of aromatic nitrogens is 7. The number of hydrogen-bond acceptors (Lipinski definition) is 8. The number of anilines is 1. The van der Waals surface area contributed by atoms with E-state index in [0.717, 1.165) is 17.6 Å². The largest absolute Gasteiger partial charge is 0.382 e. The summed E-state index contributed by atoms with van der Waals surface area (Å²) in [5.74, 6) is 1.09. The summed E-state index contributed by atoms with van der Waals surface area (Å²) in [6.45, 7) is 4.48. The van der Waals surface area contributed by atoms with Crippen LogP contribution >= 0.6 is 0 Å². The van der Waals surface area contributed by atoms with Crippen LogP contribution in [0.4, 0.5) is 5.69 Å². The first-order valence-electron chi connectivity index (χ1n) is 10.2. The smallest absolute Gasteiger partial charge is 0.254 e. The van der Waals surface area contributed by atoms with Crippen molar-refractivity contribution in [3.05, 3.63) is 54.0 Å². The summed E-state index contributed by atoms with van der Waals surface area (Å²) in [7, 11) is 0. The van der Waals surface area contributed by atoms with Gasteiger partial charge in [-0.2, -0.15) is 20.1 Å². The Bertz CT molecular complexity index is 1270. The quantitative estimate of drug-likeness (QED) is 0.359. The molecule has 0 fully saturated rings. The molecule has 0 unspecified atom stereocenters. The molecule has 0 aliphatic carbocycles. The van der Waals surface area contributed by atoms with Crippen LogP contribution in [0.3, 0.4) is 0 Å². The molecule has 0 aliphatic rings. The molecule has 0 spiro atoms. The van der Waals surface area contributed by atoms with Gasteiger partial charge in [0.05, 0.1) is 23.0 Å². The van der Waals surface area contributed by atoms with E-state index in [0.29, 0.717) is 41.2 Å². The Balaban J connectivity index is 1.55. The number of H-pyrrole nitrogens is 1. The number of fused-ring (bicyclic) bond motifs is 1. The second-order valence-electron chi connectivity index (χ2n) is 7.48. The molecule has 0 saturated carbocycles. The fourth-order valence-electron chi connectivity index (χ4n) is 3.23. The van der Waals surface area contributed by atoms with Gasteiger partial charge in [0.2, 0.25) is 0 Å². The summed E-state index contributed by atoms with van der Waals surface area (Å²) in [5, 5.41) is 27.0. The van der Waals surface area contributed by atoms with Crippen LogP contribution < -0.4 is 10.6 Å². The molecule has 4 rings (SSSR count). The lowest BCUT2D eigenvalue weighted by Gasteiger charge is -2.16. The highest BCUT2D eigenvalue weighted by Crippen LogP contribution is 2.22. The number of hydrogen-bond donors (Lipinski definition) is 3. The molecule has 0 radical (unpaired) electrons. The molecule has 11 nitrogen and oxygen atoms in total. The van der Waals surface area contributed by atoms with Crippen molar-refractivity contribution < 1.29 is 4.79 Å². The highest BCUT2D eigenvalue weighted by molar-refractivity contribution is 5.99. The SMILES string of the molecule is CC(C)Nc1cc(-n2ncc3cc(C#N)cnc32)ncc1C(=O)NCCCc1ncn[nH]1. The van der Waals surface area contributed by atoms with Gasteiger partial charge in [0.15, 0.2) is 11.5 Å². The summed E-state index contributed by atoms with van der Waals surface area (Å²) in [6, 6.07) is 5.67. The highest BCUT2D eigenvalue weighted by Gasteiger charge is 2.16. The van der Waals surface area contributed by atoms with Gasteiger partial charge in [0, 0.05) is 42.9 Å². The maximum absolute atomic E-state index is 12.8. The maximum atomic E-state index is 12.8. The zero-order chi connectivity index (χ0) is 22.5. The average molecular weight is 430 g/mol. The van der Waals surface area contributed by atoms with Crippen molar-refractivity contribution in [3.63, 3.8) is 0 Å². The molecule has 0 saturated heterocycles. The number of nitrogens with one attached hydrogen (secondary N) is 3. The van der Waals surface area contributed by atoms with Gasteiger partial charge in [-0.15, -0.1) is 0 Å². The van der Waals surface area contributed by atoms with Crippen LogP contribution in [0.2, 0.25) is 0 Å². The molecule has 162 valence electrons. The van der Waals surface area contributed by atoms with Crippen LogP contribution in [0.1, 0.15) is 42.0 Å². The van der Waals surface area contributed by atoms with Gasteiger partial charge in [-0.05, 0) is 26.3 Å². The van der Waals surface area contributed by atoms with E-state index in [9.17, 15) is 4.79 Å². The summed E-state index contributed by atoms with van der Waals surface area (Å²) < 4.78 is 1.58. The van der Waals surface area contributed by atoms with Crippen molar-refractivity contribution in [1.82, 2.24) is 40.2 Å². The lowest BCUT2D eigenvalue weighted by molar-refractivity contribution is 0.0953. The number of carbonyl (C=O) groups excluding carboxylic acids is 1. The Hall–Kier alpha value is -4.33. The molecule has 3 N–H and O–H groups in total. The van der Waals surface area contributed by atoms with E-state index < -0.39 is 0 Å². The molecule has 0 bridgehead atoms. The first-order chi connectivity index (χ1) is 15.5. The van der Waals surface area contributed by atoms with Crippen molar-refractivity contribution in [2.75, 3.05) is 11.9 Å². The van der Waals surface area contributed by atoms with E-state index in [1.165, 1.54) is 18.7 Å². The van der Waals surface area contributed by atoms with E-state index in [2.05, 4.69) is 47.0 Å². The number of pyridine rings is 2. The normalized spacial score (nSPS) is 10.9. The predicted octanol–water partition coefficient (Wildman–Crippen LogP) is 1.99. The van der Waals surface area contributed by atoms with Crippen molar-refractivity contribution in [3.8, 4) is 11.9 Å². The monoisotopic (exact) mass is 430 g/mol. The minimum Gasteiger partial charge on any atom is -0.382 e. The van der Waals surface area contributed by atoms with Crippen LogP contribution in [0.5, 0.6) is 0 Å². The molecule has 32 heavy (non-hydrogen) atoms. The van der Waals surface area contributed by atoms with Crippen molar-refractivity contribution >= 4 is 22.6 Å². The van der Waals surface area contributed by atoms with Crippen molar-refractivity contribution in [2.24, 2.45) is 0 Å². The van der Waals surface area contributed by atoms with E-state index in [1.807, 2.05) is 13.8 Å². The second-order valence-corrected chi connectivity index (χ2v) is 7.48. The molecule has 1 amide bonds. The Morgan fingerprint density at radius 1 is 1.22 bits per heavy atom. The van der Waals surface area contributed by atoms with Crippen molar-refractivity contribution in [2.45, 2.75) is 32.7 Å². The van der Waals surface area contributed by atoms with Gasteiger partial charge in [0.25, 0.3) is 5.91 Å². The number of carbonyl (C=O) groups is 1. The standard InChI is InChI=1S/C21H22N10O/c1-13(2)29-17-7-19(31-20-15(10-28-31)6-14(8-22)9-25-20)24-11-16(17)21(32)23-5-3-4-18-26-12-27-30-18/h6-7,9-13H,3-5H2,1-2H3,(H,23,32)(H,24,29)(H,26,27,30). The number of rotatable bonds is 8. The third-order valence-electron chi connectivity index (χ3n) is 4.67. The fraction of sp³-hybridized carbons (Fsp3) is 0.286. The topological polar surface area (TPSA) is 150 Å². The lowest BCUT2D eigenvalue weighted by atomic mass is 10.2. The van der Waals surface area contributed by atoms with E-state index in [1.54, 1.807) is 23.0 Å². The lowest BCUT2D eigenvalue weighted by Crippen LogP contribution is -2.27. The Morgan fingerprint density at radius 2 is 2.09 bits per heavy atom. The average Bonchev–Trinajstić information content (AvgIpc) is 3.45. The molecular formula is C21H22N10O. The minimum absolute atomic E-state index is 0.105. The fourth-order valence-corrected chi connectivity index (χ4v) is 3.23. The molecule has 0 atom stereocenters. The third-order valence-corrected chi connectivity index (χ3v) is 4.67. The molecule has 0 aromatic carbocycles. The first-order valence-corrected chi connectivity index (χ1v) is 10.2. The highest BCUT2D eigenvalue weighted by atomic mass is 16.1. The number of aromatic amines is 1. The van der Waals surface area contributed by atoms with Gasteiger partial charge in [-0.3, -0.25) is 9.89 Å². The van der Waals surface area contributed by atoms with Gasteiger partial charge in [-0.25, -0.2) is 15.0 Å². The summed E-state index contributed by atoms with van der Waals surface area (Å²) in [5.41, 5.74) is 2.13. The number of amides is 1. The summed E-state index contributed by atoms with van der Waals surface area (Å²) >= 11 is 0. The molecule has 0 aliphatic heterocycles. The Labute approximate surface area is 183 Å². The first kappa shape index (κ1) is 20.9. The second kappa shape index (κ2) is 9.22. The molecule has 4 aromatic rings. The Morgan fingerprint density at radius 3 is 2.84 bits per heavy atom. The molecule has 4 aromatic heterocycles. The van der Waals surface area contributed by atoms with Crippen LogP contribution in [0.15, 0.2) is 37.1 Å². The van der Waals surface area contributed by atoms with Crippen LogP contribution in [0.25, 0.3) is 16.9 Å². The van der Waals surface area contributed by atoms with Crippen LogP contribution in [-0.2, 0) is 6.42 Å². The van der Waals surface area contributed by atoms with Crippen LogP contribution in [0, 0.1) is 11.3 Å².